The molecular weight excluding hydrogens is 250 g/mol. The van der Waals surface area contributed by atoms with Crippen molar-refractivity contribution in [1.29, 1.82) is 0 Å². The van der Waals surface area contributed by atoms with Crippen molar-refractivity contribution in [3.05, 3.63) is 46.7 Å². The van der Waals surface area contributed by atoms with E-state index >= 15 is 0 Å². The van der Waals surface area contributed by atoms with Gasteiger partial charge in [-0.3, -0.25) is 4.79 Å². The molecule has 94 valence electrons. The number of nitrogens with two attached hydrogens (primary N) is 1. The summed E-state index contributed by atoms with van der Waals surface area (Å²) in [5.74, 6) is 1.18. The number of hydrogen-bond acceptors (Lipinski definition) is 2. The Labute approximate surface area is 111 Å². The molecule has 0 saturated carbocycles. The largest absolute Gasteiger partial charge is 0.461 e. The van der Waals surface area contributed by atoms with Crippen LogP contribution in [0.5, 0.6) is 0 Å². The summed E-state index contributed by atoms with van der Waals surface area (Å²) in [6, 6.07) is 9.43. The van der Waals surface area contributed by atoms with Crippen LogP contribution in [0.4, 0.5) is 0 Å². The summed E-state index contributed by atoms with van der Waals surface area (Å²) in [4.78, 5) is 10.7. The van der Waals surface area contributed by atoms with Crippen LogP contribution in [-0.4, -0.2) is 5.91 Å². The Kier molecular flexibility index (Phi) is 3.72. The predicted octanol–water partition coefficient (Wildman–Crippen LogP) is 3.33. The van der Waals surface area contributed by atoms with E-state index in [4.69, 9.17) is 21.8 Å². The molecule has 0 fully saturated rings. The number of carbonyl (C=O) groups is 1. The summed E-state index contributed by atoms with van der Waals surface area (Å²) in [5.41, 5.74) is 7.05. The molecule has 4 heteroatoms. The molecule has 1 heterocycles. The van der Waals surface area contributed by atoms with Gasteiger partial charge in [0.15, 0.2) is 0 Å². The number of primary amides is 1. The third kappa shape index (κ3) is 2.74. The van der Waals surface area contributed by atoms with Gasteiger partial charge in [0.1, 0.15) is 11.5 Å². The molecule has 3 nitrogen and oxygen atoms in total. The lowest BCUT2D eigenvalue weighted by Crippen LogP contribution is -2.10. The fourth-order valence-corrected chi connectivity index (χ4v) is 1.95. The maximum Gasteiger partial charge on any atom is 0.217 e. The van der Waals surface area contributed by atoms with Crippen molar-refractivity contribution in [2.45, 2.75) is 19.8 Å². The zero-order chi connectivity index (χ0) is 13.1. The molecule has 0 aliphatic rings. The number of benzene rings is 1. The Bertz CT molecular complexity index is 575. The summed E-state index contributed by atoms with van der Waals surface area (Å²) in [6.45, 7) is 1.95. The van der Waals surface area contributed by atoms with Crippen molar-refractivity contribution < 1.29 is 9.21 Å². The normalized spacial score (nSPS) is 10.6. The Morgan fingerprint density at radius 1 is 1.33 bits per heavy atom. The molecule has 0 unspecified atom stereocenters. The highest BCUT2D eigenvalue weighted by Gasteiger charge is 2.09. The van der Waals surface area contributed by atoms with Crippen molar-refractivity contribution >= 4 is 17.5 Å². The number of furan rings is 1. The first-order chi connectivity index (χ1) is 8.58. The van der Waals surface area contributed by atoms with E-state index in [-0.39, 0.29) is 5.91 Å². The van der Waals surface area contributed by atoms with Crippen LogP contribution in [0.3, 0.4) is 0 Å². The molecule has 0 aliphatic carbocycles. The van der Waals surface area contributed by atoms with Crippen LogP contribution in [0, 0.1) is 6.92 Å². The van der Waals surface area contributed by atoms with E-state index < -0.39 is 0 Å². The summed E-state index contributed by atoms with van der Waals surface area (Å²) in [7, 11) is 0. The van der Waals surface area contributed by atoms with Crippen molar-refractivity contribution in [2.75, 3.05) is 0 Å². The highest BCUT2D eigenvalue weighted by atomic mass is 35.5. The van der Waals surface area contributed by atoms with Crippen molar-refractivity contribution in [1.82, 2.24) is 0 Å². The maximum atomic E-state index is 10.7. The van der Waals surface area contributed by atoms with Crippen molar-refractivity contribution in [2.24, 2.45) is 5.73 Å². The van der Waals surface area contributed by atoms with Gasteiger partial charge in [-0.1, -0.05) is 23.7 Å². The average molecular weight is 264 g/mol. The van der Waals surface area contributed by atoms with E-state index in [0.717, 1.165) is 22.6 Å². The second-order valence-corrected chi connectivity index (χ2v) is 4.55. The van der Waals surface area contributed by atoms with E-state index in [1.807, 2.05) is 37.3 Å². The van der Waals surface area contributed by atoms with Crippen molar-refractivity contribution in [3.63, 3.8) is 0 Å². The molecule has 0 radical (unpaired) electrons. The minimum atomic E-state index is -0.327. The van der Waals surface area contributed by atoms with Gasteiger partial charge in [0.2, 0.25) is 5.91 Å². The van der Waals surface area contributed by atoms with Crippen LogP contribution in [0.25, 0.3) is 11.3 Å². The van der Waals surface area contributed by atoms with Gasteiger partial charge in [-0.15, -0.1) is 0 Å². The molecule has 2 aromatic rings. The first-order valence-electron chi connectivity index (χ1n) is 5.70. The first kappa shape index (κ1) is 12.7. The van der Waals surface area contributed by atoms with Crippen LogP contribution in [-0.2, 0) is 11.2 Å². The van der Waals surface area contributed by atoms with Gasteiger partial charge in [0.25, 0.3) is 0 Å². The topological polar surface area (TPSA) is 56.2 Å². The minimum Gasteiger partial charge on any atom is -0.461 e. The second kappa shape index (κ2) is 5.27. The molecular formula is C14H14ClNO2. The smallest absolute Gasteiger partial charge is 0.217 e. The lowest BCUT2D eigenvalue weighted by molar-refractivity contribution is -0.118. The predicted molar refractivity (Wildman–Crippen MR) is 71.4 cm³/mol. The van der Waals surface area contributed by atoms with Crippen LogP contribution in [0.1, 0.15) is 17.7 Å². The van der Waals surface area contributed by atoms with Gasteiger partial charge in [-0.05, 0) is 30.7 Å². The Morgan fingerprint density at radius 3 is 2.83 bits per heavy atom. The lowest BCUT2D eigenvalue weighted by Gasteiger charge is -2.04. The molecule has 0 spiro atoms. The monoisotopic (exact) mass is 263 g/mol. The number of rotatable bonds is 4. The van der Waals surface area contributed by atoms with Gasteiger partial charge in [0, 0.05) is 23.4 Å². The van der Waals surface area contributed by atoms with Crippen molar-refractivity contribution in [3.8, 4) is 11.3 Å². The summed E-state index contributed by atoms with van der Waals surface area (Å²) in [6.07, 6.45) is 0.816. The van der Waals surface area contributed by atoms with Gasteiger partial charge in [0.05, 0.1) is 0 Å². The Hall–Kier alpha value is -1.74. The van der Waals surface area contributed by atoms with Crippen LogP contribution in [0.2, 0.25) is 5.02 Å². The molecule has 1 aromatic carbocycles. The fraction of sp³-hybridized carbons (Fsp3) is 0.214. The Morgan fingerprint density at radius 2 is 2.11 bits per heavy atom. The van der Waals surface area contributed by atoms with Crippen LogP contribution < -0.4 is 5.73 Å². The molecule has 1 amide bonds. The highest BCUT2D eigenvalue weighted by molar-refractivity contribution is 6.31. The van der Waals surface area contributed by atoms with E-state index in [1.165, 1.54) is 0 Å². The van der Waals surface area contributed by atoms with E-state index in [9.17, 15) is 4.79 Å². The van der Waals surface area contributed by atoms with E-state index in [0.29, 0.717) is 17.9 Å². The number of aryl methyl sites for hydroxylation is 1. The second-order valence-electron chi connectivity index (χ2n) is 4.14. The molecule has 18 heavy (non-hydrogen) atoms. The van der Waals surface area contributed by atoms with E-state index in [1.54, 1.807) is 0 Å². The average Bonchev–Trinajstić information content (AvgIpc) is 2.78. The lowest BCUT2D eigenvalue weighted by atomic mass is 10.1. The molecule has 0 aliphatic heterocycles. The fourth-order valence-electron chi connectivity index (χ4n) is 1.78. The van der Waals surface area contributed by atoms with Crippen LogP contribution in [0.15, 0.2) is 34.7 Å². The number of carbonyl (C=O) groups excluding carboxylic acids is 1. The molecule has 2 rings (SSSR count). The minimum absolute atomic E-state index is 0.293. The number of hydrogen-bond donors (Lipinski definition) is 1. The van der Waals surface area contributed by atoms with Gasteiger partial charge < -0.3 is 10.2 Å². The first-order valence-corrected chi connectivity index (χ1v) is 6.08. The third-order valence-corrected chi connectivity index (χ3v) is 3.22. The van der Waals surface area contributed by atoms with Gasteiger partial charge in [-0.25, -0.2) is 0 Å². The quantitative estimate of drug-likeness (QED) is 0.920. The summed E-state index contributed by atoms with van der Waals surface area (Å²) in [5, 5.41) is 0.711. The highest BCUT2D eigenvalue weighted by Crippen LogP contribution is 2.29. The molecule has 1 aromatic heterocycles. The third-order valence-electron chi connectivity index (χ3n) is 2.81. The molecule has 2 N–H and O–H groups in total. The summed E-state index contributed by atoms with van der Waals surface area (Å²) < 4.78 is 5.69. The number of amides is 1. The van der Waals surface area contributed by atoms with Crippen LogP contribution >= 0.6 is 11.6 Å². The maximum absolute atomic E-state index is 10.7. The van der Waals surface area contributed by atoms with Gasteiger partial charge >= 0.3 is 0 Å². The molecule has 0 bridgehead atoms. The SMILES string of the molecule is Cc1c(Cl)cccc1-c1ccc(CCC(N)=O)o1. The number of halogens is 1. The zero-order valence-electron chi connectivity index (χ0n) is 10.1. The Balaban J connectivity index is 2.24. The molecule has 0 saturated heterocycles. The molecule has 0 atom stereocenters. The zero-order valence-corrected chi connectivity index (χ0v) is 10.8. The van der Waals surface area contributed by atoms with Gasteiger partial charge in [-0.2, -0.15) is 0 Å². The van der Waals surface area contributed by atoms with E-state index in [2.05, 4.69) is 0 Å². The summed E-state index contributed by atoms with van der Waals surface area (Å²) >= 11 is 6.07. The standard InChI is InChI=1S/C14H14ClNO2/c1-9-11(3-2-4-12(9)15)13-7-5-10(18-13)6-8-14(16)17/h2-5,7H,6,8H2,1H3,(H2,16,17).